The van der Waals surface area contributed by atoms with Gasteiger partial charge in [0.15, 0.2) is 6.10 Å². The van der Waals surface area contributed by atoms with Gasteiger partial charge >= 0.3 is 6.18 Å². The summed E-state index contributed by atoms with van der Waals surface area (Å²) in [5, 5.41) is 3.36. The van der Waals surface area contributed by atoms with Gasteiger partial charge in [-0.3, -0.25) is 0 Å². The van der Waals surface area contributed by atoms with Gasteiger partial charge in [-0.2, -0.15) is 13.2 Å². The van der Waals surface area contributed by atoms with E-state index in [2.05, 4.69) is 5.32 Å². The van der Waals surface area contributed by atoms with Gasteiger partial charge < -0.3 is 14.8 Å². The fraction of sp³-hybridized carbons (Fsp3) is 1.00. The average Bonchev–Trinajstić information content (AvgIpc) is 3.01. The molecule has 1 N–H and O–H groups in total. The van der Waals surface area contributed by atoms with Gasteiger partial charge in [0.05, 0.1) is 18.8 Å². The van der Waals surface area contributed by atoms with Gasteiger partial charge in [0.25, 0.3) is 0 Å². The van der Waals surface area contributed by atoms with Crippen LogP contribution in [-0.4, -0.2) is 43.7 Å². The van der Waals surface area contributed by atoms with Crippen LogP contribution in [0.2, 0.25) is 0 Å². The molecule has 3 nitrogen and oxygen atoms in total. The second-order valence-electron chi connectivity index (χ2n) is 5.16. The van der Waals surface area contributed by atoms with E-state index in [0.717, 1.165) is 26.3 Å². The van der Waals surface area contributed by atoms with Crippen LogP contribution in [0, 0.1) is 0 Å². The normalized spacial score (nSPS) is 30.7. The molecule has 1 saturated carbocycles. The van der Waals surface area contributed by atoms with Crippen molar-refractivity contribution in [2.75, 3.05) is 13.2 Å². The number of hydrogen-bond donors (Lipinski definition) is 1. The van der Waals surface area contributed by atoms with E-state index in [1.54, 1.807) is 0 Å². The molecule has 0 aromatic carbocycles. The van der Waals surface area contributed by atoms with Crippen LogP contribution in [0.4, 0.5) is 13.2 Å². The first kappa shape index (κ1) is 14.1. The van der Waals surface area contributed by atoms with Crippen molar-refractivity contribution in [3.63, 3.8) is 0 Å². The van der Waals surface area contributed by atoms with Gasteiger partial charge in [-0.15, -0.1) is 0 Å². The Kier molecular flexibility index (Phi) is 4.50. The van der Waals surface area contributed by atoms with E-state index in [1.807, 2.05) is 0 Å². The molecule has 1 saturated heterocycles. The molecule has 1 aliphatic heterocycles. The number of halogens is 3. The van der Waals surface area contributed by atoms with Crippen molar-refractivity contribution < 1.29 is 22.6 Å². The van der Waals surface area contributed by atoms with Gasteiger partial charge in [0.2, 0.25) is 0 Å². The van der Waals surface area contributed by atoms with Gasteiger partial charge in [-0.25, -0.2) is 0 Å². The minimum atomic E-state index is -4.29. The molecule has 106 valence electrons. The molecule has 1 heterocycles. The lowest BCUT2D eigenvalue weighted by Gasteiger charge is -2.19. The Morgan fingerprint density at radius 3 is 2.50 bits per heavy atom. The number of alkyl halides is 3. The maximum Gasteiger partial charge on any atom is 0.414 e. The summed E-state index contributed by atoms with van der Waals surface area (Å²) in [6, 6.07) is 0.633. The topological polar surface area (TPSA) is 30.5 Å². The van der Waals surface area contributed by atoms with Crippen LogP contribution in [-0.2, 0) is 9.47 Å². The van der Waals surface area contributed by atoms with Crippen molar-refractivity contribution in [3.8, 4) is 0 Å². The summed E-state index contributed by atoms with van der Waals surface area (Å²) in [7, 11) is 0. The Bertz CT molecular complexity index is 269. The van der Waals surface area contributed by atoms with Crippen LogP contribution < -0.4 is 5.32 Å². The first-order chi connectivity index (χ1) is 8.45. The zero-order valence-electron chi connectivity index (χ0n) is 10.5. The lowest BCUT2D eigenvalue weighted by Crippen LogP contribution is -2.32. The van der Waals surface area contributed by atoms with E-state index in [9.17, 15) is 13.2 Å². The highest BCUT2D eigenvalue weighted by molar-refractivity contribution is 4.84. The first-order valence-corrected chi connectivity index (χ1v) is 6.52. The van der Waals surface area contributed by atoms with Crippen molar-refractivity contribution >= 4 is 0 Å². The van der Waals surface area contributed by atoms with Crippen molar-refractivity contribution in [2.24, 2.45) is 0 Å². The lowest BCUT2D eigenvalue weighted by atomic mass is 10.2. The molecule has 18 heavy (non-hydrogen) atoms. The molecule has 2 fully saturated rings. The summed E-state index contributed by atoms with van der Waals surface area (Å²) in [4.78, 5) is 0. The van der Waals surface area contributed by atoms with Crippen LogP contribution in [0.3, 0.4) is 0 Å². The average molecular weight is 267 g/mol. The smallest absolute Gasteiger partial charge is 0.371 e. The van der Waals surface area contributed by atoms with Crippen LogP contribution in [0.25, 0.3) is 0 Å². The van der Waals surface area contributed by atoms with Gasteiger partial charge in [-0.05, 0) is 32.6 Å². The highest BCUT2D eigenvalue weighted by atomic mass is 19.4. The first-order valence-electron chi connectivity index (χ1n) is 6.52. The second kappa shape index (κ2) is 5.75. The van der Waals surface area contributed by atoms with E-state index in [0.29, 0.717) is 6.04 Å². The van der Waals surface area contributed by atoms with E-state index in [-0.39, 0.29) is 18.8 Å². The lowest BCUT2D eigenvalue weighted by molar-refractivity contribution is -0.220. The Morgan fingerprint density at radius 2 is 1.89 bits per heavy atom. The zero-order chi connectivity index (χ0) is 13.2. The van der Waals surface area contributed by atoms with E-state index >= 15 is 0 Å². The molecule has 6 heteroatoms. The minimum absolute atomic E-state index is 0.0284. The minimum Gasteiger partial charge on any atom is -0.371 e. The molecule has 0 bridgehead atoms. The molecular formula is C12H20F3NO2. The number of nitrogens with one attached hydrogen (secondary N) is 1. The van der Waals surface area contributed by atoms with E-state index < -0.39 is 12.3 Å². The SMILES string of the molecule is CC(OCC1CCC(CNC2CC2)O1)C(F)(F)F. The quantitative estimate of drug-likeness (QED) is 0.800. The van der Waals surface area contributed by atoms with Gasteiger partial charge in [-0.1, -0.05) is 0 Å². The molecule has 0 amide bonds. The Balaban J connectivity index is 1.60. The van der Waals surface area contributed by atoms with Crippen molar-refractivity contribution in [1.82, 2.24) is 5.32 Å². The highest BCUT2D eigenvalue weighted by Gasteiger charge is 2.38. The van der Waals surface area contributed by atoms with Crippen molar-refractivity contribution in [3.05, 3.63) is 0 Å². The van der Waals surface area contributed by atoms with Crippen LogP contribution in [0.15, 0.2) is 0 Å². The van der Waals surface area contributed by atoms with E-state index in [1.165, 1.54) is 12.8 Å². The predicted octanol–water partition coefficient (Wildman–Crippen LogP) is 2.25. The third-order valence-electron chi connectivity index (χ3n) is 3.40. The molecule has 2 rings (SSSR count). The molecule has 0 aromatic rings. The maximum absolute atomic E-state index is 12.2. The second-order valence-corrected chi connectivity index (χ2v) is 5.16. The standard InChI is InChI=1S/C12H20F3NO2/c1-8(12(13,14)15)17-7-11-5-4-10(18-11)6-16-9-2-3-9/h8-11,16H,2-7H2,1H3. The summed E-state index contributed by atoms with van der Waals surface area (Å²) in [6.07, 6.45) is -1.95. The maximum atomic E-state index is 12.2. The number of ether oxygens (including phenoxy) is 2. The molecule has 3 unspecified atom stereocenters. The molecule has 0 radical (unpaired) electrons. The fourth-order valence-electron chi connectivity index (χ4n) is 1.98. The van der Waals surface area contributed by atoms with Crippen LogP contribution in [0.1, 0.15) is 32.6 Å². The third kappa shape index (κ3) is 4.40. The predicted molar refractivity (Wildman–Crippen MR) is 60.4 cm³/mol. The van der Waals surface area contributed by atoms with Gasteiger partial charge in [0.1, 0.15) is 0 Å². The van der Waals surface area contributed by atoms with Crippen molar-refractivity contribution in [1.29, 1.82) is 0 Å². The summed E-state index contributed by atoms with van der Waals surface area (Å²) in [6.45, 7) is 1.86. The number of rotatable bonds is 6. The largest absolute Gasteiger partial charge is 0.414 e. The summed E-state index contributed by atoms with van der Waals surface area (Å²) in [5.74, 6) is 0. The van der Waals surface area contributed by atoms with E-state index in [4.69, 9.17) is 9.47 Å². The molecule has 0 aromatic heterocycles. The molecular weight excluding hydrogens is 247 g/mol. The van der Waals surface area contributed by atoms with Gasteiger partial charge in [0, 0.05) is 12.6 Å². The summed E-state index contributed by atoms with van der Waals surface area (Å²) >= 11 is 0. The highest BCUT2D eigenvalue weighted by Crippen LogP contribution is 2.25. The molecule has 2 aliphatic rings. The van der Waals surface area contributed by atoms with Crippen LogP contribution >= 0.6 is 0 Å². The fourth-order valence-corrected chi connectivity index (χ4v) is 1.98. The Morgan fingerprint density at radius 1 is 1.22 bits per heavy atom. The molecule has 3 atom stereocenters. The molecule has 1 aliphatic carbocycles. The van der Waals surface area contributed by atoms with Crippen LogP contribution in [0.5, 0.6) is 0 Å². The Labute approximate surface area is 105 Å². The number of hydrogen-bond acceptors (Lipinski definition) is 3. The summed E-state index contributed by atoms with van der Waals surface area (Å²) in [5.41, 5.74) is 0. The van der Waals surface area contributed by atoms with Crippen molar-refractivity contribution in [2.45, 2.75) is 63.1 Å². The third-order valence-corrected chi connectivity index (χ3v) is 3.40. The monoisotopic (exact) mass is 267 g/mol. The zero-order valence-corrected chi connectivity index (χ0v) is 10.5. The molecule has 0 spiro atoms. The summed E-state index contributed by atoms with van der Waals surface area (Å²) < 4.78 is 47.2. The Hall–Kier alpha value is -0.330.